The number of esters is 1. The molecule has 1 aliphatic carbocycles. The van der Waals surface area contributed by atoms with Gasteiger partial charge >= 0.3 is 5.97 Å². The zero-order valence-electron chi connectivity index (χ0n) is 11.9. The third-order valence-corrected chi connectivity index (χ3v) is 4.36. The van der Waals surface area contributed by atoms with Crippen LogP contribution in [-0.4, -0.2) is 17.9 Å². The molecule has 3 nitrogen and oxygen atoms in total. The van der Waals surface area contributed by atoms with Crippen LogP contribution in [0.15, 0.2) is 30.3 Å². The molecule has 0 N–H and O–H groups in total. The Bertz CT molecular complexity index is 516. The fraction of sp³-hybridized carbons (Fsp3) is 0.529. The van der Waals surface area contributed by atoms with Crippen LogP contribution in [0, 0.1) is 17.8 Å². The van der Waals surface area contributed by atoms with E-state index >= 15 is 0 Å². The minimum atomic E-state index is -0.600. The van der Waals surface area contributed by atoms with Gasteiger partial charge in [-0.05, 0) is 30.2 Å². The summed E-state index contributed by atoms with van der Waals surface area (Å²) in [7, 11) is 0. The highest BCUT2D eigenvalue weighted by Gasteiger charge is 2.52. The summed E-state index contributed by atoms with van der Waals surface area (Å²) in [4.78, 5) is 24.8. The first-order chi connectivity index (χ1) is 9.59. The molecule has 1 heterocycles. The number of Topliss-reactive ketones (excluding diaryl/α,β-unsaturated/α-hetero) is 1. The Morgan fingerprint density at radius 1 is 1.10 bits per heavy atom. The van der Waals surface area contributed by atoms with E-state index in [1.165, 1.54) is 0 Å². The van der Waals surface area contributed by atoms with Crippen molar-refractivity contribution in [1.29, 1.82) is 0 Å². The maximum Gasteiger partial charge on any atom is 0.318 e. The Kier molecular flexibility index (Phi) is 3.36. The lowest BCUT2D eigenvalue weighted by molar-refractivity contribution is -0.146. The van der Waals surface area contributed by atoms with E-state index < -0.39 is 12.0 Å². The molecule has 0 aromatic heterocycles. The van der Waals surface area contributed by atoms with Crippen molar-refractivity contribution in [3.8, 4) is 0 Å². The van der Waals surface area contributed by atoms with Gasteiger partial charge in [0.25, 0.3) is 0 Å². The van der Waals surface area contributed by atoms with Crippen LogP contribution in [0.4, 0.5) is 0 Å². The van der Waals surface area contributed by atoms with Gasteiger partial charge < -0.3 is 4.74 Å². The van der Waals surface area contributed by atoms with E-state index in [4.69, 9.17) is 4.74 Å². The monoisotopic (exact) mass is 272 g/mol. The zero-order valence-corrected chi connectivity index (χ0v) is 11.9. The number of ketones is 1. The molecule has 3 atom stereocenters. The summed E-state index contributed by atoms with van der Waals surface area (Å²) in [5.74, 6) is -0.450. The average Bonchev–Trinajstić information content (AvgIpc) is 3.21. The molecular formula is C17H20O3. The fourth-order valence-electron chi connectivity index (χ4n) is 3.21. The number of cyclic esters (lactones) is 1. The molecule has 3 rings (SSSR count). The highest BCUT2D eigenvalue weighted by Crippen LogP contribution is 2.49. The summed E-state index contributed by atoms with van der Waals surface area (Å²) in [6, 6.07) is 9.93. The zero-order chi connectivity index (χ0) is 14.3. The van der Waals surface area contributed by atoms with Crippen molar-refractivity contribution in [1.82, 2.24) is 0 Å². The summed E-state index contributed by atoms with van der Waals surface area (Å²) in [6.45, 7) is 3.85. The van der Waals surface area contributed by atoms with E-state index in [0.29, 0.717) is 5.92 Å². The van der Waals surface area contributed by atoms with Crippen molar-refractivity contribution in [2.75, 3.05) is 0 Å². The van der Waals surface area contributed by atoms with Gasteiger partial charge in [0.2, 0.25) is 0 Å². The van der Waals surface area contributed by atoms with Gasteiger partial charge in [-0.2, -0.15) is 0 Å². The molecule has 1 aliphatic heterocycles. The number of carbonyl (C=O) groups is 2. The Balaban J connectivity index is 1.93. The SMILES string of the molecule is CC(C)C1OC(=O)C(C(c2ccccc2)C2CC2)C1=O. The van der Waals surface area contributed by atoms with Crippen LogP contribution in [0.3, 0.4) is 0 Å². The highest BCUT2D eigenvalue weighted by molar-refractivity contribution is 6.07. The van der Waals surface area contributed by atoms with Gasteiger partial charge in [0, 0.05) is 5.92 Å². The predicted molar refractivity (Wildman–Crippen MR) is 75.1 cm³/mol. The third kappa shape index (κ3) is 2.26. The Morgan fingerprint density at radius 2 is 1.75 bits per heavy atom. The molecule has 2 fully saturated rings. The fourth-order valence-corrected chi connectivity index (χ4v) is 3.21. The van der Waals surface area contributed by atoms with Crippen LogP contribution < -0.4 is 0 Å². The minimum absolute atomic E-state index is 0.0000463. The van der Waals surface area contributed by atoms with Crippen LogP contribution in [0.1, 0.15) is 38.2 Å². The highest BCUT2D eigenvalue weighted by atomic mass is 16.6. The molecule has 1 aromatic rings. The minimum Gasteiger partial charge on any atom is -0.453 e. The molecule has 106 valence electrons. The number of rotatable bonds is 4. The molecule has 3 heteroatoms. The van der Waals surface area contributed by atoms with Gasteiger partial charge in [-0.3, -0.25) is 9.59 Å². The van der Waals surface area contributed by atoms with Gasteiger partial charge in [0.1, 0.15) is 5.92 Å². The Morgan fingerprint density at radius 3 is 2.25 bits per heavy atom. The van der Waals surface area contributed by atoms with Crippen LogP contribution in [0.25, 0.3) is 0 Å². The second-order valence-electron chi connectivity index (χ2n) is 6.26. The standard InChI is InChI=1S/C17H20O3/c1-10(2)16-15(18)14(17(19)20-16)13(12-8-9-12)11-6-4-3-5-7-11/h3-7,10,12-14,16H,8-9H2,1-2H3. The first-order valence-electron chi connectivity index (χ1n) is 7.38. The van der Waals surface area contributed by atoms with Crippen LogP contribution in [0.2, 0.25) is 0 Å². The molecule has 3 unspecified atom stereocenters. The number of benzene rings is 1. The van der Waals surface area contributed by atoms with E-state index in [0.717, 1.165) is 18.4 Å². The smallest absolute Gasteiger partial charge is 0.318 e. The van der Waals surface area contributed by atoms with E-state index in [9.17, 15) is 9.59 Å². The molecule has 0 amide bonds. The van der Waals surface area contributed by atoms with Gasteiger partial charge in [0.15, 0.2) is 11.9 Å². The lowest BCUT2D eigenvalue weighted by Gasteiger charge is -2.20. The Labute approximate surface area is 119 Å². The van der Waals surface area contributed by atoms with Crippen molar-refractivity contribution < 1.29 is 14.3 Å². The van der Waals surface area contributed by atoms with E-state index in [1.807, 2.05) is 44.2 Å². The second-order valence-corrected chi connectivity index (χ2v) is 6.26. The molecule has 0 radical (unpaired) electrons. The molecular weight excluding hydrogens is 252 g/mol. The molecule has 2 aliphatic rings. The summed E-state index contributed by atoms with van der Waals surface area (Å²) >= 11 is 0. The molecule has 1 aromatic carbocycles. The summed E-state index contributed by atoms with van der Waals surface area (Å²) < 4.78 is 5.34. The number of hydrogen-bond donors (Lipinski definition) is 0. The van der Waals surface area contributed by atoms with Crippen LogP contribution in [-0.2, 0) is 14.3 Å². The maximum atomic E-state index is 12.6. The van der Waals surface area contributed by atoms with Crippen molar-refractivity contribution in [3.63, 3.8) is 0 Å². The normalized spacial score (nSPS) is 27.8. The largest absolute Gasteiger partial charge is 0.453 e. The summed E-state index contributed by atoms with van der Waals surface area (Å²) in [5, 5.41) is 0. The molecule has 1 saturated carbocycles. The van der Waals surface area contributed by atoms with Gasteiger partial charge in [-0.25, -0.2) is 0 Å². The third-order valence-electron chi connectivity index (χ3n) is 4.36. The van der Waals surface area contributed by atoms with Crippen molar-refractivity contribution >= 4 is 11.8 Å². The van der Waals surface area contributed by atoms with E-state index in [-0.39, 0.29) is 23.6 Å². The van der Waals surface area contributed by atoms with E-state index in [1.54, 1.807) is 0 Å². The van der Waals surface area contributed by atoms with Crippen molar-refractivity contribution in [2.24, 2.45) is 17.8 Å². The predicted octanol–water partition coefficient (Wildman–Crippen LogP) is 2.95. The van der Waals surface area contributed by atoms with Crippen LogP contribution in [0.5, 0.6) is 0 Å². The molecule has 0 spiro atoms. The molecule has 20 heavy (non-hydrogen) atoms. The van der Waals surface area contributed by atoms with Crippen molar-refractivity contribution in [3.05, 3.63) is 35.9 Å². The topological polar surface area (TPSA) is 43.4 Å². The number of ether oxygens (including phenoxy) is 1. The average molecular weight is 272 g/mol. The summed E-state index contributed by atoms with van der Waals surface area (Å²) in [5.41, 5.74) is 1.09. The first kappa shape index (κ1) is 13.3. The number of carbonyl (C=O) groups excluding carboxylic acids is 2. The second kappa shape index (κ2) is 5.04. The van der Waals surface area contributed by atoms with Gasteiger partial charge in [-0.1, -0.05) is 44.2 Å². The molecule has 0 bridgehead atoms. The quantitative estimate of drug-likeness (QED) is 0.625. The maximum absolute atomic E-state index is 12.6. The van der Waals surface area contributed by atoms with Crippen LogP contribution >= 0.6 is 0 Å². The Hall–Kier alpha value is -1.64. The van der Waals surface area contributed by atoms with E-state index in [2.05, 4.69) is 0 Å². The lowest BCUT2D eigenvalue weighted by Crippen LogP contribution is -2.29. The molecule has 1 saturated heterocycles. The summed E-state index contributed by atoms with van der Waals surface area (Å²) in [6.07, 6.45) is 1.64. The van der Waals surface area contributed by atoms with Crippen molar-refractivity contribution in [2.45, 2.75) is 38.7 Å². The van der Waals surface area contributed by atoms with Gasteiger partial charge in [0.05, 0.1) is 0 Å². The number of hydrogen-bond acceptors (Lipinski definition) is 3. The lowest BCUT2D eigenvalue weighted by atomic mass is 9.79. The van der Waals surface area contributed by atoms with Gasteiger partial charge in [-0.15, -0.1) is 0 Å². The first-order valence-corrected chi connectivity index (χ1v) is 7.38.